The van der Waals surface area contributed by atoms with Gasteiger partial charge in [-0.2, -0.15) is 12.6 Å². The number of amides is 1. The van der Waals surface area contributed by atoms with Crippen LogP contribution in [0.15, 0.2) is 12.2 Å². The van der Waals surface area contributed by atoms with Gasteiger partial charge in [-0.25, -0.2) is 0 Å². The number of hydrogen-bond donors (Lipinski definition) is 2. The van der Waals surface area contributed by atoms with Crippen molar-refractivity contribution in [1.29, 1.82) is 0 Å². The Hall–Kier alpha value is -0.810. The molecule has 0 atom stereocenters. The molecule has 0 aliphatic heterocycles. The highest BCUT2D eigenvalue weighted by atomic mass is 32.1. The van der Waals surface area contributed by atoms with Crippen molar-refractivity contribution in [3.8, 4) is 0 Å². The number of likely N-dealkylation sites (N-methyl/N-ethyl adjacent to an activating group) is 1. The van der Waals surface area contributed by atoms with Gasteiger partial charge in [-0.1, -0.05) is 19.9 Å². The second-order valence-electron chi connectivity index (χ2n) is 2.73. The van der Waals surface area contributed by atoms with E-state index in [2.05, 4.69) is 12.6 Å². The van der Waals surface area contributed by atoms with Crippen molar-refractivity contribution in [2.75, 3.05) is 27.5 Å². The Kier molecular flexibility index (Phi) is 42.9. The quantitative estimate of drug-likeness (QED) is 0.351. The Morgan fingerprint density at radius 2 is 1.61 bits per heavy atom. The minimum atomic E-state index is -0.0129. The summed E-state index contributed by atoms with van der Waals surface area (Å²) in [6.45, 7) is 4.00. The van der Waals surface area contributed by atoms with Crippen LogP contribution in [0.1, 0.15) is 33.1 Å². The van der Waals surface area contributed by atoms with Gasteiger partial charge in [-0.3, -0.25) is 4.79 Å². The molecule has 0 aliphatic carbocycles. The molecule has 0 spiro atoms. The summed E-state index contributed by atoms with van der Waals surface area (Å²) in [7, 11) is 4.41. The maximum atomic E-state index is 10.9. The van der Waals surface area contributed by atoms with Gasteiger partial charge in [0.05, 0.1) is 0 Å². The summed E-state index contributed by atoms with van der Waals surface area (Å²) in [6.07, 6.45) is 8.10. The number of rotatable bonds is 5. The number of allylic oxidation sites excluding steroid dienone is 1. The van der Waals surface area contributed by atoms with Crippen LogP contribution in [-0.2, 0) is 9.59 Å². The van der Waals surface area contributed by atoms with Crippen LogP contribution in [0.25, 0.3) is 0 Å². The summed E-state index contributed by atoms with van der Waals surface area (Å²) >= 11 is 3.53. The molecule has 0 heterocycles. The van der Waals surface area contributed by atoms with Crippen molar-refractivity contribution in [2.45, 2.75) is 33.1 Å². The Labute approximate surface area is 117 Å². The fraction of sp³-hybridized carbons (Fsp3) is 0.692. The zero-order valence-corrected chi connectivity index (χ0v) is 13.4. The molecule has 5 heteroatoms. The highest BCUT2D eigenvalue weighted by Crippen LogP contribution is 1.94. The van der Waals surface area contributed by atoms with Gasteiger partial charge in [0.2, 0.25) is 5.91 Å². The van der Waals surface area contributed by atoms with Crippen molar-refractivity contribution in [3.63, 3.8) is 0 Å². The van der Waals surface area contributed by atoms with Crippen molar-refractivity contribution in [1.82, 2.24) is 4.90 Å². The SMILES string of the molecule is CC.CN(C)C(=O)/C=C/CCCC=O.CO.CS. The Balaban J connectivity index is -0.000000141. The lowest BCUT2D eigenvalue weighted by Crippen LogP contribution is -2.18. The summed E-state index contributed by atoms with van der Waals surface area (Å²) < 4.78 is 0. The lowest BCUT2D eigenvalue weighted by molar-refractivity contribution is -0.123. The zero-order chi connectivity index (χ0) is 15.4. The number of unbranched alkanes of at least 4 members (excludes halogenated alkanes) is 2. The van der Waals surface area contributed by atoms with Gasteiger partial charge < -0.3 is 14.8 Å². The Bertz CT molecular complexity index is 183. The van der Waals surface area contributed by atoms with E-state index in [4.69, 9.17) is 5.11 Å². The molecule has 1 amide bonds. The van der Waals surface area contributed by atoms with Gasteiger partial charge in [-0.15, -0.1) is 0 Å². The first kappa shape index (κ1) is 25.9. The first-order valence-corrected chi connectivity index (χ1v) is 6.79. The largest absolute Gasteiger partial charge is 0.400 e. The van der Waals surface area contributed by atoms with Gasteiger partial charge >= 0.3 is 0 Å². The summed E-state index contributed by atoms with van der Waals surface area (Å²) in [6, 6.07) is 0. The Morgan fingerprint density at radius 3 is 1.94 bits per heavy atom. The number of aldehydes is 1. The molecule has 0 saturated heterocycles. The van der Waals surface area contributed by atoms with E-state index in [1.807, 2.05) is 13.8 Å². The van der Waals surface area contributed by atoms with Crippen LogP contribution in [0.4, 0.5) is 0 Å². The van der Waals surface area contributed by atoms with Crippen molar-refractivity contribution in [3.05, 3.63) is 12.2 Å². The number of nitrogens with zero attached hydrogens (tertiary/aromatic N) is 1. The van der Waals surface area contributed by atoms with Crippen molar-refractivity contribution in [2.24, 2.45) is 0 Å². The van der Waals surface area contributed by atoms with Crippen LogP contribution in [-0.4, -0.2) is 49.7 Å². The molecule has 110 valence electrons. The molecule has 0 fully saturated rings. The smallest absolute Gasteiger partial charge is 0.245 e. The first-order valence-electron chi connectivity index (χ1n) is 5.89. The molecule has 0 aliphatic rings. The average Bonchev–Trinajstić information content (AvgIpc) is 2.45. The third-order valence-electron chi connectivity index (χ3n) is 1.39. The number of hydrogen-bond acceptors (Lipinski definition) is 4. The van der Waals surface area contributed by atoms with Crippen LogP contribution in [0.3, 0.4) is 0 Å². The maximum absolute atomic E-state index is 10.9. The minimum Gasteiger partial charge on any atom is -0.400 e. The molecule has 0 aromatic rings. The van der Waals surface area contributed by atoms with Gasteiger partial charge in [-0.05, 0) is 25.2 Å². The normalized spacial score (nSPS) is 7.78. The molecule has 0 aromatic carbocycles. The van der Waals surface area contributed by atoms with E-state index < -0.39 is 0 Å². The van der Waals surface area contributed by atoms with E-state index in [1.54, 1.807) is 26.4 Å². The van der Waals surface area contributed by atoms with E-state index >= 15 is 0 Å². The lowest BCUT2D eigenvalue weighted by Gasteiger charge is -2.04. The fourth-order valence-corrected chi connectivity index (χ4v) is 0.652. The number of carbonyl (C=O) groups is 2. The molecule has 0 rings (SSSR count). The van der Waals surface area contributed by atoms with Crippen LogP contribution >= 0.6 is 12.6 Å². The highest BCUT2D eigenvalue weighted by molar-refractivity contribution is 7.79. The maximum Gasteiger partial charge on any atom is 0.245 e. The number of aliphatic hydroxyl groups excluding tert-OH is 1. The monoisotopic (exact) mass is 279 g/mol. The Morgan fingerprint density at radius 1 is 1.17 bits per heavy atom. The summed E-state index contributed by atoms with van der Waals surface area (Å²) in [5.74, 6) is -0.0129. The molecule has 0 aromatic heterocycles. The average molecular weight is 279 g/mol. The van der Waals surface area contributed by atoms with E-state index in [0.717, 1.165) is 26.2 Å². The summed E-state index contributed by atoms with van der Waals surface area (Å²) in [5, 5.41) is 7.00. The third kappa shape index (κ3) is 29.5. The first-order chi connectivity index (χ1) is 8.68. The van der Waals surface area contributed by atoms with Gasteiger partial charge in [0.15, 0.2) is 0 Å². The van der Waals surface area contributed by atoms with Crippen LogP contribution in [0.2, 0.25) is 0 Å². The molecule has 1 N–H and O–H groups in total. The number of thiol groups is 1. The van der Waals surface area contributed by atoms with Crippen LogP contribution < -0.4 is 0 Å². The van der Waals surface area contributed by atoms with E-state index in [9.17, 15) is 9.59 Å². The minimum absolute atomic E-state index is 0.0129. The summed E-state index contributed by atoms with van der Waals surface area (Å²) in [5.41, 5.74) is 0. The topological polar surface area (TPSA) is 57.6 Å². The molecule has 4 nitrogen and oxygen atoms in total. The molecular weight excluding hydrogens is 250 g/mol. The number of carbonyl (C=O) groups excluding carboxylic acids is 2. The van der Waals surface area contributed by atoms with Crippen molar-refractivity contribution >= 4 is 24.8 Å². The molecule has 18 heavy (non-hydrogen) atoms. The molecule has 0 saturated carbocycles. The number of aliphatic hydroxyl groups is 1. The van der Waals surface area contributed by atoms with E-state index in [-0.39, 0.29) is 5.91 Å². The van der Waals surface area contributed by atoms with Gasteiger partial charge in [0, 0.05) is 27.6 Å². The summed E-state index contributed by atoms with van der Waals surface area (Å²) in [4.78, 5) is 22.4. The van der Waals surface area contributed by atoms with Crippen LogP contribution in [0.5, 0.6) is 0 Å². The molecule has 0 radical (unpaired) electrons. The zero-order valence-electron chi connectivity index (χ0n) is 12.5. The molecule has 0 bridgehead atoms. The molecular formula is C13H29NO3S. The lowest BCUT2D eigenvalue weighted by atomic mass is 10.2. The van der Waals surface area contributed by atoms with E-state index in [1.165, 1.54) is 11.0 Å². The fourth-order valence-electron chi connectivity index (χ4n) is 0.652. The second-order valence-corrected chi connectivity index (χ2v) is 2.73. The van der Waals surface area contributed by atoms with Gasteiger partial charge in [0.25, 0.3) is 0 Å². The third-order valence-corrected chi connectivity index (χ3v) is 1.39. The molecule has 0 unspecified atom stereocenters. The standard InChI is InChI=1S/C9H15NO2.C2H6.CH4O.CH4S/c1-10(2)9(12)7-5-3-4-6-8-11;3*1-2/h5,7-8H,3-4,6H2,1-2H3;1-2H3;2*2H,1H3/b7-5+;;;. The van der Waals surface area contributed by atoms with Gasteiger partial charge in [0.1, 0.15) is 6.29 Å². The highest BCUT2D eigenvalue weighted by Gasteiger charge is 1.94. The predicted molar refractivity (Wildman–Crippen MR) is 82.1 cm³/mol. The van der Waals surface area contributed by atoms with Crippen LogP contribution in [0, 0.1) is 0 Å². The predicted octanol–water partition coefficient (Wildman–Crippen LogP) is 2.18. The van der Waals surface area contributed by atoms with Crippen molar-refractivity contribution < 1.29 is 14.7 Å². The van der Waals surface area contributed by atoms with E-state index in [0.29, 0.717) is 6.42 Å². The second kappa shape index (κ2) is 29.8.